The molecule has 0 radical (unpaired) electrons. The topological polar surface area (TPSA) is 48.5 Å². The molecular formula is C22H36N4O. The Morgan fingerprint density at radius 1 is 1.11 bits per heavy atom. The number of amides is 1. The highest BCUT2D eigenvalue weighted by Gasteiger charge is 2.29. The summed E-state index contributed by atoms with van der Waals surface area (Å²) in [5, 5.41) is 2.62. The van der Waals surface area contributed by atoms with Gasteiger partial charge >= 0.3 is 0 Å². The van der Waals surface area contributed by atoms with E-state index in [0.29, 0.717) is 11.1 Å². The number of nitrogens with one attached hydrogen (secondary N) is 1. The number of pyridine rings is 1. The summed E-state index contributed by atoms with van der Waals surface area (Å²) in [6, 6.07) is 4.57. The van der Waals surface area contributed by atoms with Crippen molar-refractivity contribution in [3.63, 3.8) is 0 Å². The maximum Gasteiger partial charge on any atom is 0.269 e. The lowest BCUT2D eigenvalue weighted by Gasteiger charge is -2.43. The third-order valence-corrected chi connectivity index (χ3v) is 6.10. The standard InChI is InChI=1S/C22H36N4O/c1-22(2,3)15-17-7-11-25(12-8-17)18-9-13-26(14-10-18)19-5-6-20(24-16-19)21(27)23-4/h5-6,16-18H,7-15H2,1-4H3,(H,23,27). The van der Waals surface area contributed by atoms with Gasteiger partial charge in [-0.15, -0.1) is 0 Å². The Hall–Kier alpha value is -1.62. The van der Waals surface area contributed by atoms with E-state index in [1.807, 2.05) is 18.3 Å². The Balaban J connectivity index is 1.46. The second kappa shape index (κ2) is 8.59. The predicted molar refractivity (Wildman–Crippen MR) is 111 cm³/mol. The van der Waals surface area contributed by atoms with Crippen LogP contribution in [0, 0.1) is 11.3 Å². The number of carbonyl (C=O) groups excluding carboxylic acids is 1. The fourth-order valence-corrected chi connectivity index (χ4v) is 4.71. The number of hydrogen-bond acceptors (Lipinski definition) is 4. The van der Waals surface area contributed by atoms with Crippen molar-refractivity contribution in [1.29, 1.82) is 0 Å². The van der Waals surface area contributed by atoms with Gasteiger partial charge in [-0.25, -0.2) is 4.98 Å². The van der Waals surface area contributed by atoms with Crippen molar-refractivity contribution in [1.82, 2.24) is 15.2 Å². The number of rotatable bonds is 4. The van der Waals surface area contributed by atoms with Crippen LogP contribution in [0.25, 0.3) is 0 Å². The molecule has 2 aliphatic heterocycles. The summed E-state index contributed by atoms with van der Waals surface area (Å²) in [5.74, 6) is 0.779. The molecule has 27 heavy (non-hydrogen) atoms. The second-order valence-corrected chi connectivity index (χ2v) is 9.44. The van der Waals surface area contributed by atoms with E-state index in [1.54, 1.807) is 7.05 Å². The van der Waals surface area contributed by atoms with Gasteiger partial charge in [0, 0.05) is 26.2 Å². The van der Waals surface area contributed by atoms with Crippen molar-refractivity contribution < 1.29 is 4.79 Å². The zero-order valence-corrected chi connectivity index (χ0v) is 17.5. The van der Waals surface area contributed by atoms with Crippen LogP contribution in [0.2, 0.25) is 0 Å². The normalized spacial score (nSPS) is 20.7. The highest BCUT2D eigenvalue weighted by Crippen LogP contribution is 2.32. The molecular weight excluding hydrogens is 336 g/mol. The smallest absolute Gasteiger partial charge is 0.269 e. The van der Waals surface area contributed by atoms with Crippen molar-refractivity contribution in [3.05, 3.63) is 24.0 Å². The van der Waals surface area contributed by atoms with E-state index in [4.69, 9.17) is 0 Å². The number of piperidine rings is 2. The average Bonchev–Trinajstić information content (AvgIpc) is 2.67. The lowest BCUT2D eigenvalue weighted by atomic mass is 9.80. The SMILES string of the molecule is CNC(=O)c1ccc(N2CCC(N3CCC(CC(C)(C)C)CC3)CC2)cn1. The Morgan fingerprint density at radius 3 is 2.30 bits per heavy atom. The van der Waals surface area contributed by atoms with E-state index in [0.717, 1.165) is 30.7 Å². The van der Waals surface area contributed by atoms with Crippen LogP contribution in [-0.2, 0) is 0 Å². The third-order valence-electron chi connectivity index (χ3n) is 6.10. The quantitative estimate of drug-likeness (QED) is 0.878. The van der Waals surface area contributed by atoms with Crippen LogP contribution in [0.5, 0.6) is 0 Å². The Kier molecular flexibility index (Phi) is 6.40. The summed E-state index contributed by atoms with van der Waals surface area (Å²) in [6.45, 7) is 11.8. The molecule has 1 aromatic heterocycles. The summed E-state index contributed by atoms with van der Waals surface area (Å²) in [4.78, 5) is 21.1. The van der Waals surface area contributed by atoms with Gasteiger partial charge in [-0.1, -0.05) is 20.8 Å². The lowest BCUT2D eigenvalue weighted by Crippen LogP contribution is -2.48. The lowest BCUT2D eigenvalue weighted by molar-refractivity contribution is 0.0958. The third kappa shape index (κ3) is 5.44. The van der Waals surface area contributed by atoms with E-state index >= 15 is 0 Å². The van der Waals surface area contributed by atoms with Gasteiger partial charge < -0.3 is 15.1 Å². The first-order valence-electron chi connectivity index (χ1n) is 10.5. The number of aromatic nitrogens is 1. The number of hydrogen-bond donors (Lipinski definition) is 1. The van der Waals surface area contributed by atoms with Crippen LogP contribution in [0.1, 0.15) is 63.4 Å². The molecule has 2 aliphatic rings. The molecule has 1 aromatic rings. The molecule has 150 valence electrons. The first kappa shape index (κ1) is 20.1. The van der Waals surface area contributed by atoms with Gasteiger partial charge in [0.1, 0.15) is 5.69 Å². The molecule has 0 atom stereocenters. The summed E-state index contributed by atoms with van der Waals surface area (Å²) in [5.41, 5.74) is 2.07. The number of nitrogens with zero attached hydrogens (tertiary/aromatic N) is 3. The molecule has 2 saturated heterocycles. The zero-order valence-electron chi connectivity index (χ0n) is 17.5. The first-order valence-corrected chi connectivity index (χ1v) is 10.5. The van der Waals surface area contributed by atoms with Crippen molar-refractivity contribution >= 4 is 11.6 Å². The molecule has 1 N–H and O–H groups in total. The van der Waals surface area contributed by atoms with E-state index in [2.05, 4.69) is 40.9 Å². The van der Waals surface area contributed by atoms with Crippen LogP contribution in [0.4, 0.5) is 5.69 Å². The minimum atomic E-state index is -0.130. The van der Waals surface area contributed by atoms with Crippen LogP contribution < -0.4 is 10.2 Å². The van der Waals surface area contributed by atoms with Gasteiger partial charge in [0.2, 0.25) is 0 Å². The van der Waals surface area contributed by atoms with E-state index in [1.165, 1.54) is 45.2 Å². The van der Waals surface area contributed by atoms with Crippen LogP contribution in [0.3, 0.4) is 0 Å². The highest BCUT2D eigenvalue weighted by atomic mass is 16.1. The Morgan fingerprint density at radius 2 is 1.78 bits per heavy atom. The molecule has 0 unspecified atom stereocenters. The molecule has 0 aromatic carbocycles. The van der Waals surface area contributed by atoms with E-state index in [-0.39, 0.29) is 5.91 Å². The van der Waals surface area contributed by atoms with Gasteiger partial charge in [0.05, 0.1) is 11.9 Å². The van der Waals surface area contributed by atoms with Gasteiger partial charge in [-0.2, -0.15) is 0 Å². The van der Waals surface area contributed by atoms with E-state index in [9.17, 15) is 4.79 Å². The minimum absolute atomic E-state index is 0.130. The predicted octanol–water partition coefficient (Wildman–Crippen LogP) is 3.56. The average molecular weight is 373 g/mol. The van der Waals surface area contributed by atoms with Gasteiger partial charge in [0.15, 0.2) is 0 Å². The number of carbonyl (C=O) groups is 1. The molecule has 5 nitrogen and oxygen atoms in total. The fourth-order valence-electron chi connectivity index (χ4n) is 4.71. The molecule has 1 amide bonds. The zero-order chi connectivity index (χ0) is 19.4. The van der Waals surface area contributed by atoms with Gasteiger partial charge in [-0.05, 0) is 68.7 Å². The minimum Gasteiger partial charge on any atom is -0.370 e. The van der Waals surface area contributed by atoms with Crippen molar-refractivity contribution in [2.24, 2.45) is 11.3 Å². The van der Waals surface area contributed by atoms with E-state index < -0.39 is 0 Å². The Labute approximate surface area is 164 Å². The maximum atomic E-state index is 11.6. The number of likely N-dealkylation sites (tertiary alicyclic amines) is 1. The molecule has 2 fully saturated rings. The maximum absolute atomic E-state index is 11.6. The monoisotopic (exact) mass is 372 g/mol. The fraction of sp³-hybridized carbons (Fsp3) is 0.727. The van der Waals surface area contributed by atoms with Gasteiger partial charge in [0.25, 0.3) is 5.91 Å². The highest BCUT2D eigenvalue weighted by molar-refractivity contribution is 5.92. The summed E-state index contributed by atoms with van der Waals surface area (Å²) >= 11 is 0. The van der Waals surface area contributed by atoms with Crippen LogP contribution in [0.15, 0.2) is 18.3 Å². The summed E-state index contributed by atoms with van der Waals surface area (Å²) < 4.78 is 0. The molecule has 3 heterocycles. The largest absolute Gasteiger partial charge is 0.370 e. The van der Waals surface area contributed by atoms with Crippen molar-refractivity contribution in [2.45, 2.75) is 58.9 Å². The Bertz CT molecular complexity index is 606. The molecule has 0 spiro atoms. The van der Waals surface area contributed by atoms with Crippen LogP contribution >= 0.6 is 0 Å². The second-order valence-electron chi connectivity index (χ2n) is 9.44. The molecule has 0 bridgehead atoms. The summed E-state index contributed by atoms with van der Waals surface area (Å²) in [6.07, 6.45) is 8.37. The molecule has 5 heteroatoms. The number of anilines is 1. The van der Waals surface area contributed by atoms with Crippen LogP contribution in [-0.4, -0.2) is 55.1 Å². The van der Waals surface area contributed by atoms with Gasteiger partial charge in [-0.3, -0.25) is 4.79 Å². The first-order chi connectivity index (χ1) is 12.9. The summed E-state index contributed by atoms with van der Waals surface area (Å²) in [7, 11) is 1.63. The molecule has 3 rings (SSSR count). The van der Waals surface area contributed by atoms with Crippen molar-refractivity contribution in [3.8, 4) is 0 Å². The van der Waals surface area contributed by atoms with Crippen molar-refractivity contribution in [2.75, 3.05) is 38.1 Å². The molecule has 0 aliphatic carbocycles. The molecule has 0 saturated carbocycles.